The molecule has 0 bridgehead atoms. The molecule has 0 saturated heterocycles. The number of benzene rings is 4. The predicted octanol–water partition coefficient (Wildman–Crippen LogP) is 11.9. The highest BCUT2D eigenvalue weighted by Crippen LogP contribution is 2.40. The molecule has 0 radical (unpaired) electrons. The molecule has 4 N–H and O–H groups in total. The van der Waals surface area contributed by atoms with Crippen molar-refractivity contribution < 1.29 is 66.5 Å². The molecule has 4 aliphatic rings. The van der Waals surface area contributed by atoms with Crippen LogP contribution in [0.25, 0.3) is 45.6 Å². The highest BCUT2D eigenvalue weighted by atomic mass is 35.5. The summed E-state index contributed by atoms with van der Waals surface area (Å²) >= 11 is 13.0. The lowest BCUT2D eigenvalue weighted by atomic mass is 9.88. The first-order valence-electron chi connectivity index (χ1n) is 40.4. The van der Waals surface area contributed by atoms with Crippen LogP contribution in [0.4, 0.5) is 22.7 Å². The first-order chi connectivity index (χ1) is 57.7. The van der Waals surface area contributed by atoms with Crippen LogP contribution in [-0.2, 0) is 89.8 Å². The molecular weight excluding hydrogens is 1580 g/mol. The maximum Gasteiger partial charge on any atom is 0.277 e. The second kappa shape index (κ2) is 44.1. The van der Waals surface area contributed by atoms with Crippen molar-refractivity contribution in [1.82, 2.24) is 38.2 Å². The summed E-state index contributed by atoms with van der Waals surface area (Å²) in [5, 5.41) is 13.7. The van der Waals surface area contributed by atoms with Crippen molar-refractivity contribution in [3.05, 3.63) is 167 Å². The van der Waals surface area contributed by atoms with Gasteiger partial charge in [0.1, 0.15) is 57.5 Å². The summed E-state index contributed by atoms with van der Waals surface area (Å²) in [7, 11) is 16.0. The molecule has 4 aromatic heterocycles. The number of methoxy groups -OCH3 is 10. The molecule has 32 heteroatoms. The summed E-state index contributed by atoms with van der Waals surface area (Å²) < 4.78 is 59.4. The zero-order valence-corrected chi connectivity index (χ0v) is 73.7. The Balaban J connectivity index is 0.000000182. The number of carbonyl (C=O) groups is 4. The molecule has 0 atom stereocenters. The van der Waals surface area contributed by atoms with Crippen LogP contribution in [0.2, 0.25) is 10.0 Å². The van der Waals surface area contributed by atoms with E-state index in [1.54, 1.807) is 141 Å². The maximum atomic E-state index is 13.4. The van der Waals surface area contributed by atoms with Crippen molar-refractivity contribution >= 4 is 69.1 Å². The highest BCUT2D eigenvalue weighted by Gasteiger charge is 2.31. The summed E-state index contributed by atoms with van der Waals surface area (Å²) in [4.78, 5) is 121. The van der Waals surface area contributed by atoms with E-state index in [1.165, 1.54) is 0 Å². The van der Waals surface area contributed by atoms with Crippen molar-refractivity contribution in [2.45, 2.75) is 170 Å². The van der Waals surface area contributed by atoms with Crippen LogP contribution in [0, 0.1) is 27.7 Å². The molecule has 0 amide bonds. The number of hydrogen-bond donors (Lipinski definition) is 4. The number of halogens is 2. The van der Waals surface area contributed by atoms with E-state index >= 15 is 0 Å². The summed E-state index contributed by atoms with van der Waals surface area (Å²) in [5.41, 5.74) is 12.7. The Bertz CT molecular complexity index is 5270. The van der Waals surface area contributed by atoms with Gasteiger partial charge in [-0.1, -0.05) is 23.2 Å². The summed E-state index contributed by atoms with van der Waals surface area (Å²) in [6.07, 6.45) is 6.75. The third-order valence-electron chi connectivity index (χ3n) is 21.3. The van der Waals surface area contributed by atoms with Crippen LogP contribution < -0.4 is 53.0 Å². The number of ether oxygens (including phenoxy) is 10. The van der Waals surface area contributed by atoms with Gasteiger partial charge in [-0.2, -0.15) is 0 Å². The quantitative estimate of drug-likeness (QED) is 0.0291. The molecule has 0 unspecified atom stereocenters. The smallest absolute Gasteiger partial charge is 0.277 e. The number of fused-ring (bicyclic) bond motifs is 4. The average Bonchev–Trinajstić information content (AvgIpc) is 1.39. The van der Waals surface area contributed by atoms with Crippen molar-refractivity contribution in [3.63, 3.8) is 0 Å². The van der Waals surface area contributed by atoms with Gasteiger partial charge in [0.05, 0.1) is 135 Å². The zero-order valence-electron chi connectivity index (χ0n) is 72.2. The van der Waals surface area contributed by atoms with Gasteiger partial charge in [0.25, 0.3) is 22.2 Å². The number of nitrogens with one attached hydrogen (secondary N) is 4. The SMILES string of the molecule is CCn1c(-c2cc3c(cc2Cl)C(=O)CC3)nc(C)c(NC(COC)COC)c1=O.CCn1c(-c2cc3c(cc2Cl)C(=O)CCC3)nc(C)c(NC(COC)COC)c1=O.CCn1c(-c2cc3c(cc2OC)C(=O)CC3)nc(C)c(NC(COC)COC)c1=O.CCn1c(-c2cc3c(cc2OC)C(=O)CCC3)nc(C)c(NC(COC)COC)c1=O. The van der Waals surface area contributed by atoms with Crippen LogP contribution in [-0.4, -0.2) is 209 Å². The monoisotopic (exact) mass is 1700 g/mol. The van der Waals surface area contributed by atoms with Crippen LogP contribution in [0.1, 0.15) is 153 Å². The van der Waals surface area contributed by atoms with Crippen LogP contribution >= 0.6 is 23.2 Å². The van der Waals surface area contributed by atoms with E-state index in [1.807, 2.05) is 52.0 Å². The second-order valence-electron chi connectivity index (χ2n) is 29.6. The standard InChI is InChI=1S/C23H31N3O5.C22H28ClN3O4.C22H29N3O5.C21H26ClN3O4/c1-6-26-22(18-10-15-8-7-9-19(27)17(15)11-20(18)31-5)24-14(2)21(23(26)28)25-16(12-29-3)13-30-4;1-5-26-21(17-9-14-7-6-8-19(27)16(14)10-18(17)23)24-13(2)20(22(26)28)25-15(11-29-3)12-30-4;1-6-25-21(17-9-14-7-8-18(26)16(14)10-19(17)30-5)23-13(2)20(22(25)27)24-15(11-28-3)12-29-4;1-5-25-20(16-8-13-6-7-18(26)15(13)9-17(16)22)23-12(2)19(21(25)27)24-14(10-28-3)11-29-4/h10-11,16,25H,6-9,12-13H2,1-5H3;9-10,15,25H,5-8,11-12H2,1-4H3;9-10,15,24H,6-8,11-12H2,1-5H3;8-9,14,24H,5-7,10-11H2,1-4H3. The molecule has 0 spiro atoms. The molecule has 0 fully saturated rings. The van der Waals surface area contributed by atoms with E-state index in [0.717, 1.165) is 53.5 Å². The molecule has 0 saturated carbocycles. The number of Topliss-reactive ketones (excluding diaryl/α,β-unsaturated/α-hetero) is 4. The van der Waals surface area contributed by atoms with E-state index < -0.39 is 0 Å². The first-order valence-corrected chi connectivity index (χ1v) is 41.1. The third kappa shape index (κ3) is 21.5. The van der Waals surface area contributed by atoms with E-state index in [9.17, 15) is 38.4 Å². The molecule has 8 aromatic rings. The number of nitrogens with zero attached hydrogens (tertiary/aromatic N) is 8. The minimum absolute atomic E-state index is 0.104. The van der Waals surface area contributed by atoms with Crippen LogP contribution in [0.15, 0.2) is 67.7 Å². The van der Waals surface area contributed by atoms with Gasteiger partial charge in [-0.15, -0.1) is 0 Å². The number of anilines is 4. The Labute approximate surface area is 709 Å². The van der Waals surface area contributed by atoms with Crippen LogP contribution in [0.3, 0.4) is 0 Å². The van der Waals surface area contributed by atoms with Crippen molar-refractivity contribution in [2.75, 3.05) is 145 Å². The molecule has 4 heterocycles. The lowest BCUT2D eigenvalue weighted by Crippen LogP contribution is -2.35. The fraction of sp³-hybridized carbons (Fsp3) is 0.500. The first kappa shape index (κ1) is 94.0. The van der Waals surface area contributed by atoms with Gasteiger partial charge in [0.2, 0.25) is 0 Å². The Hall–Kier alpha value is -9.86. The number of aromatic nitrogens is 8. The van der Waals surface area contributed by atoms with E-state index in [4.69, 9.17) is 90.5 Å². The Morgan fingerprint density at radius 2 is 0.533 bits per heavy atom. The maximum absolute atomic E-state index is 13.4. The van der Waals surface area contributed by atoms with E-state index in [2.05, 4.69) is 21.3 Å². The molecule has 12 rings (SSSR count). The topological polar surface area (TPSA) is 348 Å². The highest BCUT2D eigenvalue weighted by molar-refractivity contribution is 6.34. The Morgan fingerprint density at radius 3 is 0.775 bits per heavy atom. The molecule has 120 heavy (non-hydrogen) atoms. The number of ketones is 4. The molecule has 4 aliphatic carbocycles. The van der Waals surface area contributed by atoms with Crippen molar-refractivity contribution in [3.8, 4) is 57.1 Å². The van der Waals surface area contributed by atoms with Gasteiger partial charge in [-0.05, 0) is 165 Å². The van der Waals surface area contributed by atoms with Gasteiger partial charge < -0.3 is 68.6 Å². The summed E-state index contributed by atoms with van der Waals surface area (Å²) in [6, 6.07) is 13.9. The number of rotatable bonds is 34. The van der Waals surface area contributed by atoms with Crippen molar-refractivity contribution in [1.29, 1.82) is 0 Å². The fourth-order valence-electron chi connectivity index (χ4n) is 15.6. The minimum Gasteiger partial charge on any atom is -0.496 e. The van der Waals surface area contributed by atoms with E-state index in [0.29, 0.717) is 247 Å². The second-order valence-corrected chi connectivity index (χ2v) is 30.4. The number of hydrogen-bond acceptors (Lipinski definition) is 26. The van der Waals surface area contributed by atoms with Gasteiger partial charge >= 0.3 is 0 Å². The predicted molar refractivity (Wildman–Crippen MR) is 465 cm³/mol. The molecule has 648 valence electrons. The van der Waals surface area contributed by atoms with E-state index in [-0.39, 0.29) is 69.5 Å². The Morgan fingerprint density at radius 1 is 0.308 bits per heavy atom. The molecule has 4 aromatic carbocycles. The van der Waals surface area contributed by atoms with Crippen molar-refractivity contribution in [2.24, 2.45) is 0 Å². The molecule has 30 nitrogen and oxygen atoms in total. The lowest BCUT2D eigenvalue weighted by Gasteiger charge is -2.22. The largest absolute Gasteiger partial charge is 0.496 e. The molecule has 0 aliphatic heterocycles. The fourth-order valence-corrected chi connectivity index (χ4v) is 16.0. The zero-order chi connectivity index (χ0) is 87.3. The van der Waals surface area contributed by atoms with Gasteiger partial charge in [-0.3, -0.25) is 56.6 Å². The normalized spacial score (nSPS) is 13.3. The average molecular weight is 1700 g/mol. The third-order valence-corrected chi connectivity index (χ3v) is 22.0. The Kier molecular flexibility index (Phi) is 34.5. The van der Waals surface area contributed by atoms with Crippen LogP contribution in [0.5, 0.6) is 11.5 Å². The summed E-state index contributed by atoms with van der Waals surface area (Å²) in [5.74, 6) is 3.61. The number of aryl methyl sites for hydroxylation is 8. The lowest BCUT2D eigenvalue weighted by molar-refractivity contribution is 0.0964. The van der Waals surface area contributed by atoms with Gasteiger partial charge in [-0.25, -0.2) is 19.9 Å². The van der Waals surface area contributed by atoms with Gasteiger partial charge in [0, 0.05) is 142 Å². The minimum atomic E-state index is -0.181. The summed E-state index contributed by atoms with van der Waals surface area (Å²) in [6.45, 7) is 19.7. The molecular formula is C88H114Cl2N12O18. The van der Waals surface area contributed by atoms with Gasteiger partial charge in [0.15, 0.2) is 23.1 Å². The number of carbonyl (C=O) groups excluding carboxylic acids is 4.